The lowest BCUT2D eigenvalue weighted by Gasteiger charge is -2.11. The second-order valence-electron chi connectivity index (χ2n) is 5.75. The summed E-state index contributed by atoms with van der Waals surface area (Å²) in [5, 5.41) is 0. The van der Waals surface area contributed by atoms with Gasteiger partial charge in [-0.15, -0.1) is 24.4 Å². The number of terminal acetylenes is 1. The molecule has 0 amide bonds. The summed E-state index contributed by atoms with van der Waals surface area (Å²) in [6.07, 6.45) is 19.7. The molecular formula is C21H25ClO2S. The molecule has 0 saturated heterocycles. The third kappa shape index (κ3) is 5.92. The monoisotopic (exact) mass is 376 g/mol. The van der Waals surface area contributed by atoms with Gasteiger partial charge in [0.2, 0.25) is 0 Å². The van der Waals surface area contributed by atoms with Gasteiger partial charge in [0.05, 0.1) is 4.90 Å². The van der Waals surface area contributed by atoms with Crippen molar-refractivity contribution in [2.75, 3.05) is 12.1 Å². The highest BCUT2D eigenvalue weighted by molar-refractivity contribution is 7.90. The van der Waals surface area contributed by atoms with Gasteiger partial charge >= 0.3 is 0 Å². The zero-order valence-electron chi connectivity index (χ0n) is 14.8. The van der Waals surface area contributed by atoms with Gasteiger partial charge in [-0.3, -0.25) is 0 Å². The van der Waals surface area contributed by atoms with E-state index in [0.717, 1.165) is 31.2 Å². The lowest BCUT2D eigenvalue weighted by Crippen LogP contribution is -1.97. The summed E-state index contributed by atoms with van der Waals surface area (Å²) in [4.78, 5) is 0.373. The summed E-state index contributed by atoms with van der Waals surface area (Å²) in [7, 11) is -3.14. The first-order chi connectivity index (χ1) is 12.0. The van der Waals surface area contributed by atoms with Crippen LogP contribution < -0.4 is 0 Å². The Morgan fingerprint density at radius 1 is 1.16 bits per heavy atom. The molecule has 0 heterocycles. The number of benzene rings is 1. The van der Waals surface area contributed by atoms with Gasteiger partial charge in [0.15, 0.2) is 9.84 Å². The number of sulfone groups is 1. The third-order valence-electron chi connectivity index (χ3n) is 4.18. The lowest BCUT2D eigenvalue weighted by atomic mass is 9.95. The molecule has 0 spiro atoms. The van der Waals surface area contributed by atoms with E-state index in [-0.39, 0.29) is 0 Å². The molecular weight excluding hydrogens is 352 g/mol. The fourth-order valence-corrected chi connectivity index (χ4v) is 3.77. The van der Waals surface area contributed by atoms with Gasteiger partial charge in [-0.2, -0.15) is 0 Å². The van der Waals surface area contributed by atoms with E-state index in [9.17, 15) is 8.42 Å². The van der Waals surface area contributed by atoms with Crippen molar-refractivity contribution in [2.45, 2.75) is 37.5 Å². The van der Waals surface area contributed by atoms with Crippen LogP contribution in [0.2, 0.25) is 0 Å². The molecule has 2 rings (SSSR count). The van der Waals surface area contributed by atoms with Gasteiger partial charge in [0.25, 0.3) is 0 Å². The molecule has 0 unspecified atom stereocenters. The van der Waals surface area contributed by atoms with Crippen molar-refractivity contribution in [3.05, 3.63) is 59.2 Å². The molecule has 0 aliphatic heterocycles. The number of rotatable bonds is 6. The molecule has 0 radical (unpaired) electrons. The van der Waals surface area contributed by atoms with Crippen LogP contribution in [0.25, 0.3) is 5.57 Å². The van der Waals surface area contributed by atoms with Crippen LogP contribution in [0, 0.1) is 12.8 Å². The Bertz CT molecular complexity index is 779. The van der Waals surface area contributed by atoms with Crippen LogP contribution in [-0.2, 0) is 9.84 Å². The number of alkyl halides is 1. The minimum atomic E-state index is -3.14. The van der Waals surface area contributed by atoms with Gasteiger partial charge in [0.1, 0.15) is 0 Å². The van der Waals surface area contributed by atoms with Crippen LogP contribution in [0.15, 0.2) is 58.5 Å². The Balaban J connectivity index is 0.00000151. The topological polar surface area (TPSA) is 34.1 Å². The Morgan fingerprint density at radius 3 is 2.32 bits per heavy atom. The number of allylic oxidation sites excluding steroid dienone is 6. The van der Waals surface area contributed by atoms with Crippen molar-refractivity contribution >= 4 is 27.0 Å². The van der Waals surface area contributed by atoms with Crippen molar-refractivity contribution in [1.82, 2.24) is 0 Å². The second kappa shape index (κ2) is 10.3. The number of halogens is 1. The fraction of sp³-hybridized carbons (Fsp3) is 0.333. The molecule has 0 bridgehead atoms. The van der Waals surface area contributed by atoms with Gasteiger partial charge in [-0.25, -0.2) is 8.42 Å². The van der Waals surface area contributed by atoms with Crippen molar-refractivity contribution in [3.63, 3.8) is 0 Å². The minimum absolute atomic E-state index is 0.373. The number of hydrogen-bond acceptors (Lipinski definition) is 2. The molecule has 1 aliphatic rings. The predicted octanol–water partition coefficient (Wildman–Crippen LogP) is 5.41. The van der Waals surface area contributed by atoms with Gasteiger partial charge < -0.3 is 0 Å². The van der Waals surface area contributed by atoms with E-state index >= 15 is 0 Å². The van der Waals surface area contributed by atoms with E-state index in [4.69, 9.17) is 11.6 Å². The van der Waals surface area contributed by atoms with Gasteiger partial charge in [0, 0.05) is 12.1 Å². The highest BCUT2D eigenvalue weighted by Gasteiger charge is 2.19. The first-order valence-electron chi connectivity index (χ1n) is 8.19. The van der Waals surface area contributed by atoms with Crippen LogP contribution in [-0.4, -0.2) is 20.6 Å². The maximum atomic E-state index is 11.6. The lowest BCUT2D eigenvalue weighted by molar-refractivity contribution is 0.602. The Labute approximate surface area is 157 Å². The molecule has 2 nitrogen and oxygen atoms in total. The quantitative estimate of drug-likeness (QED) is 0.378. The second-order valence-corrected chi connectivity index (χ2v) is 8.08. The summed E-state index contributed by atoms with van der Waals surface area (Å²) in [6, 6.07) is 7.27. The summed E-state index contributed by atoms with van der Waals surface area (Å²) in [6.45, 7) is 2.07. The van der Waals surface area contributed by atoms with Crippen molar-refractivity contribution in [2.24, 2.45) is 0 Å². The summed E-state index contributed by atoms with van der Waals surface area (Å²) in [5.74, 6) is 0.538. The summed E-state index contributed by atoms with van der Waals surface area (Å²) >= 11 is 5.70. The molecule has 1 aromatic carbocycles. The highest BCUT2D eigenvalue weighted by atomic mass is 35.5. The third-order valence-corrected chi connectivity index (χ3v) is 5.49. The van der Waals surface area contributed by atoms with Crippen molar-refractivity contribution in [3.8, 4) is 12.8 Å². The SMILES string of the molecule is C#C.C/C=C(\C/C=C\CCl)C1=C(c2ccc(S(C)(=O)=O)cc2)CCC1. The minimum Gasteiger partial charge on any atom is -0.224 e. The van der Waals surface area contributed by atoms with Crippen molar-refractivity contribution < 1.29 is 8.42 Å². The fourth-order valence-electron chi connectivity index (χ4n) is 3.01. The van der Waals surface area contributed by atoms with E-state index in [0.29, 0.717) is 10.8 Å². The number of hydrogen-bond donors (Lipinski definition) is 0. The Kier molecular flexibility index (Phi) is 8.75. The molecule has 0 fully saturated rings. The standard InChI is InChI=1S/C19H23ClO2S.C2H2/c1-3-15(7-4-5-14-20)18-8-6-9-19(18)16-10-12-17(13-11-16)23(2,21)22;1-2/h3-5,10-13H,6-9,14H2,1-2H3;1-2H/b5-4-,15-3+;. The van der Waals surface area contributed by atoms with E-state index < -0.39 is 9.84 Å². The molecule has 0 saturated carbocycles. The van der Waals surface area contributed by atoms with Crippen LogP contribution in [0.1, 0.15) is 38.2 Å². The molecule has 1 aromatic rings. The maximum Gasteiger partial charge on any atom is 0.175 e. The Hall–Kier alpha value is -1.76. The van der Waals surface area contributed by atoms with E-state index in [1.165, 1.54) is 23.0 Å². The predicted molar refractivity (Wildman–Crippen MR) is 108 cm³/mol. The first kappa shape index (κ1) is 21.3. The van der Waals surface area contributed by atoms with Crippen LogP contribution in [0.5, 0.6) is 0 Å². The van der Waals surface area contributed by atoms with E-state index in [1.807, 2.05) is 18.2 Å². The molecule has 134 valence electrons. The average molecular weight is 377 g/mol. The molecule has 0 atom stereocenters. The summed E-state index contributed by atoms with van der Waals surface area (Å²) < 4.78 is 23.2. The van der Waals surface area contributed by atoms with E-state index in [2.05, 4.69) is 31.9 Å². The summed E-state index contributed by atoms with van der Waals surface area (Å²) in [5.41, 5.74) is 5.22. The molecule has 0 N–H and O–H groups in total. The van der Waals surface area contributed by atoms with Crippen LogP contribution in [0.4, 0.5) is 0 Å². The average Bonchev–Trinajstić information content (AvgIpc) is 3.09. The zero-order chi connectivity index (χ0) is 18.9. The van der Waals surface area contributed by atoms with Crippen molar-refractivity contribution in [1.29, 1.82) is 0 Å². The normalized spacial score (nSPS) is 15.3. The molecule has 1 aliphatic carbocycles. The van der Waals surface area contributed by atoms with Gasteiger partial charge in [-0.1, -0.05) is 30.4 Å². The smallest absolute Gasteiger partial charge is 0.175 e. The van der Waals surface area contributed by atoms with Crippen LogP contribution >= 0.6 is 11.6 Å². The molecule has 4 heteroatoms. The zero-order valence-corrected chi connectivity index (χ0v) is 16.4. The van der Waals surface area contributed by atoms with Crippen LogP contribution in [0.3, 0.4) is 0 Å². The first-order valence-corrected chi connectivity index (χ1v) is 10.6. The van der Waals surface area contributed by atoms with Gasteiger partial charge in [-0.05, 0) is 67.0 Å². The molecule has 25 heavy (non-hydrogen) atoms. The largest absolute Gasteiger partial charge is 0.224 e. The highest BCUT2D eigenvalue weighted by Crippen LogP contribution is 2.39. The van der Waals surface area contributed by atoms with E-state index in [1.54, 1.807) is 12.1 Å². The Morgan fingerprint density at radius 2 is 1.80 bits per heavy atom. The maximum absolute atomic E-state index is 11.6. The molecule has 0 aromatic heterocycles.